The fourth-order valence-electron chi connectivity index (χ4n) is 5.29. The Morgan fingerprint density at radius 1 is 1.29 bits per heavy atom. The van der Waals surface area contributed by atoms with Crippen molar-refractivity contribution in [3.05, 3.63) is 59.5 Å². The van der Waals surface area contributed by atoms with Crippen LogP contribution in [0.3, 0.4) is 0 Å². The van der Waals surface area contributed by atoms with Gasteiger partial charge in [-0.15, -0.1) is 5.10 Å². The van der Waals surface area contributed by atoms with Gasteiger partial charge in [-0.1, -0.05) is 37.3 Å². The van der Waals surface area contributed by atoms with E-state index in [2.05, 4.69) is 68.9 Å². The Balaban J connectivity index is 1.32. The second-order valence-electron chi connectivity index (χ2n) is 10.7. The van der Waals surface area contributed by atoms with Gasteiger partial charge in [-0.25, -0.2) is 9.50 Å². The van der Waals surface area contributed by atoms with E-state index in [4.69, 9.17) is 0 Å². The van der Waals surface area contributed by atoms with Crippen LogP contribution in [0.5, 0.6) is 0 Å². The van der Waals surface area contributed by atoms with Crippen LogP contribution in [0.4, 0.5) is 5.69 Å². The van der Waals surface area contributed by atoms with Crippen LogP contribution in [0, 0.1) is 6.92 Å². The summed E-state index contributed by atoms with van der Waals surface area (Å²) < 4.78 is 1.73. The van der Waals surface area contributed by atoms with Gasteiger partial charge in [0.2, 0.25) is 5.82 Å². The predicted octanol–water partition coefficient (Wildman–Crippen LogP) is 2.44. The molecular weight excluding hydrogens is 428 g/mol. The van der Waals surface area contributed by atoms with Crippen molar-refractivity contribution >= 4 is 17.2 Å². The molecule has 5 rings (SSSR count). The lowest BCUT2D eigenvalue weighted by Crippen LogP contribution is -2.42. The monoisotopic (exact) mass is 462 g/mol. The first-order valence-corrected chi connectivity index (χ1v) is 12.1. The third-order valence-corrected chi connectivity index (χ3v) is 7.43. The minimum absolute atomic E-state index is 0.0568. The van der Waals surface area contributed by atoms with Crippen LogP contribution in [-0.4, -0.2) is 62.9 Å². The molecule has 8 nitrogen and oxygen atoms in total. The van der Waals surface area contributed by atoms with Gasteiger partial charge < -0.3 is 20.6 Å². The summed E-state index contributed by atoms with van der Waals surface area (Å²) >= 11 is 0. The number of carbonyl (C=O) groups is 1. The fraction of sp³-hybridized carbons (Fsp3) is 0.500. The topological polar surface area (TPSA) is 94.8 Å². The molecular formula is C26H34N6O2. The van der Waals surface area contributed by atoms with Crippen molar-refractivity contribution in [1.82, 2.24) is 25.2 Å². The van der Waals surface area contributed by atoms with Crippen LogP contribution >= 0.6 is 0 Å². The van der Waals surface area contributed by atoms with Gasteiger partial charge in [-0.2, -0.15) is 0 Å². The predicted molar refractivity (Wildman–Crippen MR) is 132 cm³/mol. The van der Waals surface area contributed by atoms with Gasteiger partial charge >= 0.3 is 0 Å². The van der Waals surface area contributed by atoms with Crippen LogP contribution < -0.4 is 15.5 Å². The molecule has 0 radical (unpaired) electrons. The highest BCUT2D eigenvalue weighted by Crippen LogP contribution is 2.36. The molecule has 0 spiro atoms. The molecule has 1 amide bonds. The molecule has 1 aromatic carbocycles. The number of aromatic nitrogens is 3. The Morgan fingerprint density at radius 3 is 2.76 bits per heavy atom. The molecule has 0 aliphatic carbocycles. The molecule has 0 saturated carbocycles. The Kier molecular flexibility index (Phi) is 5.61. The first-order chi connectivity index (χ1) is 16.1. The largest absolute Gasteiger partial charge is 0.389 e. The van der Waals surface area contributed by atoms with E-state index < -0.39 is 5.60 Å². The van der Waals surface area contributed by atoms with Gasteiger partial charge in [0.05, 0.1) is 17.5 Å². The summed E-state index contributed by atoms with van der Waals surface area (Å²) in [5, 5.41) is 21.0. The summed E-state index contributed by atoms with van der Waals surface area (Å²) in [6, 6.07) is 12.7. The molecule has 4 heterocycles. The number of anilines is 1. The molecule has 2 aliphatic rings. The maximum Gasteiger partial charge on any atom is 0.291 e. The molecule has 180 valence electrons. The van der Waals surface area contributed by atoms with Crippen molar-refractivity contribution in [2.24, 2.45) is 0 Å². The number of hydrogen-bond acceptors (Lipinski definition) is 6. The van der Waals surface area contributed by atoms with E-state index in [9.17, 15) is 9.90 Å². The lowest BCUT2D eigenvalue weighted by molar-refractivity contribution is 0.0439. The van der Waals surface area contributed by atoms with Crippen molar-refractivity contribution in [2.75, 3.05) is 24.5 Å². The van der Waals surface area contributed by atoms with Crippen LogP contribution in [0.1, 0.15) is 55.4 Å². The Hall–Kier alpha value is -2.97. The number of hydrogen-bond donors (Lipinski definition) is 3. The number of carbonyl (C=O) groups excluding carboxylic acids is 1. The highest BCUT2D eigenvalue weighted by molar-refractivity contribution is 5.91. The summed E-state index contributed by atoms with van der Waals surface area (Å²) in [6.07, 6.45) is 3.73. The quantitative estimate of drug-likeness (QED) is 0.539. The lowest BCUT2D eigenvalue weighted by Gasteiger charge is -2.26. The highest BCUT2D eigenvalue weighted by Gasteiger charge is 2.36. The molecule has 0 bridgehead atoms. The summed E-state index contributed by atoms with van der Waals surface area (Å²) in [5.41, 5.74) is 3.41. The smallest absolute Gasteiger partial charge is 0.291 e. The number of amides is 1. The maximum atomic E-state index is 12.9. The molecule has 3 aromatic rings. The highest BCUT2D eigenvalue weighted by atomic mass is 16.3. The summed E-state index contributed by atoms with van der Waals surface area (Å²) in [4.78, 5) is 19.8. The van der Waals surface area contributed by atoms with E-state index in [1.165, 1.54) is 5.56 Å². The van der Waals surface area contributed by atoms with Gasteiger partial charge in [-0.3, -0.25) is 4.79 Å². The minimum Gasteiger partial charge on any atom is -0.389 e. The number of nitrogens with zero attached hydrogens (tertiary/aromatic N) is 4. The zero-order valence-corrected chi connectivity index (χ0v) is 20.4. The van der Waals surface area contributed by atoms with Crippen molar-refractivity contribution in [1.29, 1.82) is 0 Å². The van der Waals surface area contributed by atoms with Crippen molar-refractivity contribution in [3.8, 4) is 0 Å². The normalized spacial score (nSPS) is 25.3. The molecule has 0 unspecified atom stereocenters. The number of rotatable bonds is 5. The molecule has 3 atom stereocenters. The van der Waals surface area contributed by atoms with Crippen molar-refractivity contribution < 1.29 is 9.90 Å². The molecule has 8 heteroatoms. The van der Waals surface area contributed by atoms with E-state index >= 15 is 0 Å². The van der Waals surface area contributed by atoms with Crippen LogP contribution in [0.2, 0.25) is 0 Å². The van der Waals surface area contributed by atoms with Gasteiger partial charge in [0.25, 0.3) is 5.91 Å². The summed E-state index contributed by atoms with van der Waals surface area (Å²) in [5.74, 6) is -0.117. The van der Waals surface area contributed by atoms with Crippen molar-refractivity contribution in [3.63, 3.8) is 0 Å². The zero-order valence-electron chi connectivity index (χ0n) is 20.4. The Morgan fingerprint density at radius 2 is 2.06 bits per heavy atom. The number of pyridine rings is 1. The van der Waals surface area contributed by atoms with E-state index in [1.54, 1.807) is 18.4 Å². The molecule has 2 aliphatic heterocycles. The first kappa shape index (κ1) is 22.8. The van der Waals surface area contributed by atoms with E-state index in [-0.39, 0.29) is 29.2 Å². The molecule has 2 aromatic heterocycles. The second kappa shape index (κ2) is 8.36. The maximum absolute atomic E-state index is 12.9. The van der Waals surface area contributed by atoms with Gasteiger partial charge in [0.15, 0.2) is 5.65 Å². The summed E-state index contributed by atoms with van der Waals surface area (Å²) in [6.45, 7) is 10.4. The van der Waals surface area contributed by atoms with E-state index in [1.807, 2.05) is 13.1 Å². The van der Waals surface area contributed by atoms with Crippen LogP contribution in [0.25, 0.3) is 5.65 Å². The van der Waals surface area contributed by atoms with E-state index in [0.29, 0.717) is 18.6 Å². The second-order valence-corrected chi connectivity index (χ2v) is 10.7. The summed E-state index contributed by atoms with van der Waals surface area (Å²) in [7, 11) is 0. The standard InChI is InChI=1S/C26H34N6O2/c1-17-12-20(31-11-10-26(4,16-31)18-8-6-5-7-9-18)15-32-23(17)29-22(30-32)24(33)28-19-13-21(27-14-19)25(2,3)34/h5-9,12,15,19,21,27,34H,10-11,13-14,16H2,1-4H3,(H,28,33)/t19-,21-,26-/m0/s1. The molecule has 34 heavy (non-hydrogen) atoms. The van der Waals surface area contributed by atoms with Gasteiger partial charge in [0.1, 0.15) is 0 Å². The zero-order chi connectivity index (χ0) is 24.1. The van der Waals surface area contributed by atoms with Gasteiger partial charge in [0, 0.05) is 37.1 Å². The molecule has 2 saturated heterocycles. The first-order valence-electron chi connectivity index (χ1n) is 12.1. The third-order valence-electron chi connectivity index (χ3n) is 7.43. The molecule has 3 N–H and O–H groups in total. The average Bonchev–Trinajstić information content (AvgIpc) is 3.53. The Bertz CT molecular complexity index is 1200. The third kappa shape index (κ3) is 4.28. The number of nitrogens with one attached hydrogen (secondary N) is 2. The van der Waals surface area contributed by atoms with Gasteiger partial charge in [-0.05, 0) is 50.8 Å². The van der Waals surface area contributed by atoms with Crippen molar-refractivity contribution in [2.45, 2.75) is 63.6 Å². The van der Waals surface area contributed by atoms with Crippen LogP contribution in [0.15, 0.2) is 42.6 Å². The average molecular weight is 463 g/mol. The lowest BCUT2D eigenvalue weighted by atomic mass is 9.82. The number of aliphatic hydroxyl groups is 1. The number of benzene rings is 1. The number of fused-ring (bicyclic) bond motifs is 1. The minimum atomic E-state index is -0.833. The SMILES string of the molecule is Cc1cc(N2CC[C@](C)(c3ccccc3)C2)cn2nc(C(=O)N[C@@H]3CN[C@H](C(C)(C)O)C3)nc12. The number of aryl methyl sites for hydroxylation is 1. The fourth-order valence-corrected chi connectivity index (χ4v) is 5.29. The van der Waals surface area contributed by atoms with E-state index in [0.717, 1.165) is 30.8 Å². The van der Waals surface area contributed by atoms with Crippen LogP contribution in [-0.2, 0) is 5.41 Å². The molecule has 2 fully saturated rings. The Labute approximate surface area is 200 Å².